The van der Waals surface area contributed by atoms with Gasteiger partial charge in [0.15, 0.2) is 0 Å². The maximum absolute atomic E-state index is 12.3. The average Bonchev–Trinajstić information content (AvgIpc) is 2.96. The van der Waals surface area contributed by atoms with Crippen LogP contribution in [0.25, 0.3) is 10.9 Å². The molecule has 0 saturated carbocycles. The van der Waals surface area contributed by atoms with Gasteiger partial charge in [0.25, 0.3) is 0 Å². The van der Waals surface area contributed by atoms with Crippen molar-refractivity contribution in [1.29, 1.82) is 10.5 Å². The number of nitriles is 2. The topological polar surface area (TPSA) is 72.8 Å². The second-order valence-corrected chi connectivity index (χ2v) is 5.01. The van der Waals surface area contributed by atoms with E-state index >= 15 is 0 Å². The monoisotopic (exact) mass is 294 g/mol. The number of benzene rings is 1. The second kappa shape index (κ2) is 7.85. The first kappa shape index (κ1) is 15.6. The van der Waals surface area contributed by atoms with Gasteiger partial charge in [0.1, 0.15) is 0 Å². The molecule has 1 aromatic carbocycles. The Labute approximate surface area is 130 Å². The summed E-state index contributed by atoms with van der Waals surface area (Å²) in [6.07, 6.45) is 2.94. The lowest BCUT2D eigenvalue weighted by Gasteiger charge is -2.20. The number of rotatable bonds is 7. The Morgan fingerprint density at radius 3 is 2.45 bits per heavy atom. The molecule has 2 rings (SSSR count). The minimum atomic E-state index is -0.0109. The van der Waals surface area contributed by atoms with Gasteiger partial charge in [0, 0.05) is 37.8 Å². The van der Waals surface area contributed by atoms with Crippen molar-refractivity contribution in [3.8, 4) is 12.1 Å². The number of carbonyl (C=O) groups is 1. The summed E-state index contributed by atoms with van der Waals surface area (Å²) in [4.78, 5) is 13.9. The third-order valence-electron chi connectivity index (χ3n) is 3.59. The molecule has 22 heavy (non-hydrogen) atoms. The molecule has 0 aliphatic rings. The van der Waals surface area contributed by atoms with Gasteiger partial charge in [-0.3, -0.25) is 4.79 Å². The van der Waals surface area contributed by atoms with Gasteiger partial charge in [-0.15, -0.1) is 0 Å². The Morgan fingerprint density at radius 1 is 1.09 bits per heavy atom. The van der Waals surface area contributed by atoms with Crippen LogP contribution in [-0.2, 0) is 11.3 Å². The van der Waals surface area contributed by atoms with E-state index in [1.165, 1.54) is 0 Å². The summed E-state index contributed by atoms with van der Waals surface area (Å²) in [5.41, 5.74) is 1.11. The molecule has 0 radical (unpaired) electrons. The van der Waals surface area contributed by atoms with E-state index in [-0.39, 0.29) is 5.91 Å². The van der Waals surface area contributed by atoms with Gasteiger partial charge >= 0.3 is 0 Å². The van der Waals surface area contributed by atoms with Gasteiger partial charge in [-0.25, -0.2) is 0 Å². The molecule has 5 heteroatoms. The van der Waals surface area contributed by atoms with Crippen LogP contribution in [0.1, 0.15) is 19.3 Å². The highest BCUT2D eigenvalue weighted by Crippen LogP contribution is 2.15. The second-order valence-electron chi connectivity index (χ2n) is 5.01. The van der Waals surface area contributed by atoms with E-state index in [0.717, 1.165) is 10.9 Å². The molecule has 0 N–H and O–H groups in total. The van der Waals surface area contributed by atoms with Gasteiger partial charge < -0.3 is 9.47 Å². The standard InChI is InChI=1S/C17H18N4O/c18-9-3-11-21(12-4-10-19)17(22)8-14-20-13-7-15-5-1-2-6-16(15)20/h1-2,5-7,13H,3-4,8,11-12,14H2. The lowest BCUT2D eigenvalue weighted by Crippen LogP contribution is -2.33. The van der Waals surface area contributed by atoms with Crippen molar-refractivity contribution in [2.45, 2.75) is 25.8 Å². The normalized spacial score (nSPS) is 10.1. The number of hydrogen-bond donors (Lipinski definition) is 0. The molecule has 0 bridgehead atoms. The van der Waals surface area contributed by atoms with Gasteiger partial charge in [-0.05, 0) is 17.5 Å². The maximum Gasteiger partial charge on any atom is 0.224 e. The van der Waals surface area contributed by atoms with E-state index in [1.54, 1.807) is 4.90 Å². The lowest BCUT2D eigenvalue weighted by molar-refractivity contribution is -0.131. The predicted octanol–water partition coefficient (Wildman–Crippen LogP) is 2.69. The highest BCUT2D eigenvalue weighted by molar-refractivity contribution is 5.80. The number of hydrogen-bond acceptors (Lipinski definition) is 3. The number of aromatic nitrogens is 1. The molecule has 2 aromatic rings. The fraction of sp³-hybridized carbons (Fsp3) is 0.353. The van der Waals surface area contributed by atoms with Crippen molar-refractivity contribution < 1.29 is 4.79 Å². The van der Waals surface area contributed by atoms with Crippen LogP contribution in [0.15, 0.2) is 36.5 Å². The minimum Gasteiger partial charge on any atom is -0.347 e. The number of para-hydroxylation sites is 1. The maximum atomic E-state index is 12.3. The summed E-state index contributed by atoms with van der Waals surface area (Å²) in [6, 6.07) is 14.2. The highest BCUT2D eigenvalue weighted by Gasteiger charge is 2.13. The van der Waals surface area contributed by atoms with Crippen LogP contribution in [0.4, 0.5) is 0 Å². The summed E-state index contributed by atoms with van der Waals surface area (Å²) in [7, 11) is 0. The van der Waals surface area contributed by atoms with Crippen molar-refractivity contribution in [2.75, 3.05) is 13.1 Å². The third kappa shape index (κ3) is 3.86. The molecular formula is C17H18N4O. The van der Waals surface area contributed by atoms with Crippen LogP contribution in [0.3, 0.4) is 0 Å². The Hall–Kier alpha value is -2.79. The molecule has 1 aromatic heterocycles. The predicted molar refractivity (Wildman–Crippen MR) is 83.6 cm³/mol. The molecule has 0 saturated heterocycles. The lowest BCUT2D eigenvalue weighted by atomic mass is 10.2. The van der Waals surface area contributed by atoms with Crippen LogP contribution in [-0.4, -0.2) is 28.5 Å². The zero-order valence-corrected chi connectivity index (χ0v) is 12.4. The van der Waals surface area contributed by atoms with Gasteiger partial charge in [0.05, 0.1) is 25.0 Å². The van der Waals surface area contributed by atoms with Crippen molar-refractivity contribution >= 4 is 16.8 Å². The summed E-state index contributed by atoms with van der Waals surface area (Å²) < 4.78 is 2.06. The summed E-state index contributed by atoms with van der Waals surface area (Å²) >= 11 is 0. The largest absolute Gasteiger partial charge is 0.347 e. The molecular weight excluding hydrogens is 276 g/mol. The van der Waals surface area contributed by atoms with Gasteiger partial charge in [-0.1, -0.05) is 18.2 Å². The molecule has 0 spiro atoms. The number of aryl methyl sites for hydroxylation is 1. The Kier molecular flexibility index (Phi) is 5.57. The van der Waals surface area contributed by atoms with Crippen LogP contribution < -0.4 is 0 Å². The van der Waals surface area contributed by atoms with Crippen LogP contribution in [0.5, 0.6) is 0 Å². The first-order valence-electron chi connectivity index (χ1n) is 7.32. The number of carbonyl (C=O) groups excluding carboxylic acids is 1. The third-order valence-corrected chi connectivity index (χ3v) is 3.59. The molecule has 0 aliphatic carbocycles. The summed E-state index contributed by atoms with van der Waals surface area (Å²) in [6.45, 7) is 1.38. The summed E-state index contributed by atoms with van der Waals surface area (Å²) in [5, 5.41) is 18.5. The smallest absolute Gasteiger partial charge is 0.224 e. The first-order chi connectivity index (χ1) is 10.8. The summed E-state index contributed by atoms with van der Waals surface area (Å²) in [5.74, 6) is -0.0109. The Balaban J connectivity index is 1.97. The van der Waals surface area contributed by atoms with E-state index < -0.39 is 0 Å². The Morgan fingerprint density at radius 2 is 1.77 bits per heavy atom. The van der Waals surface area contributed by atoms with Crippen LogP contribution in [0, 0.1) is 22.7 Å². The molecule has 5 nitrogen and oxygen atoms in total. The molecule has 112 valence electrons. The molecule has 0 unspecified atom stereocenters. The number of nitrogens with zero attached hydrogens (tertiary/aromatic N) is 4. The van der Waals surface area contributed by atoms with Crippen molar-refractivity contribution in [1.82, 2.24) is 9.47 Å². The quantitative estimate of drug-likeness (QED) is 0.788. The fourth-order valence-electron chi connectivity index (χ4n) is 2.44. The van der Waals surface area contributed by atoms with Crippen LogP contribution in [0.2, 0.25) is 0 Å². The van der Waals surface area contributed by atoms with E-state index in [9.17, 15) is 4.79 Å². The molecule has 1 amide bonds. The van der Waals surface area contributed by atoms with E-state index in [2.05, 4.69) is 4.57 Å². The molecule has 0 aliphatic heterocycles. The number of amides is 1. The van der Waals surface area contributed by atoms with E-state index in [1.807, 2.05) is 48.7 Å². The van der Waals surface area contributed by atoms with Gasteiger partial charge in [0.2, 0.25) is 5.91 Å². The zero-order valence-electron chi connectivity index (χ0n) is 12.4. The number of fused-ring (bicyclic) bond motifs is 1. The van der Waals surface area contributed by atoms with Crippen molar-refractivity contribution in [3.63, 3.8) is 0 Å². The van der Waals surface area contributed by atoms with Crippen LogP contribution >= 0.6 is 0 Å². The van der Waals surface area contributed by atoms with E-state index in [0.29, 0.717) is 38.9 Å². The first-order valence-corrected chi connectivity index (χ1v) is 7.32. The minimum absolute atomic E-state index is 0.0109. The molecule has 0 atom stereocenters. The van der Waals surface area contributed by atoms with Crippen molar-refractivity contribution in [3.05, 3.63) is 36.5 Å². The van der Waals surface area contributed by atoms with Gasteiger partial charge in [-0.2, -0.15) is 10.5 Å². The average molecular weight is 294 g/mol. The molecule has 1 heterocycles. The Bertz CT molecular complexity index is 702. The SMILES string of the molecule is N#CCCN(CCC#N)C(=O)CCn1ccc2ccccc21. The van der Waals surface area contributed by atoms with Crippen molar-refractivity contribution in [2.24, 2.45) is 0 Å². The van der Waals surface area contributed by atoms with E-state index in [4.69, 9.17) is 10.5 Å². The molecule has 0 fully saturated rings. The highest BCUT2D eigenvalue weighted by atomic mass is 16.2. The fourth-order valence-corrected chi connectivity index (χ4v) is 2.44. The zero-order chi connectivity index (χ0) is 15.8.